The number of likely N-dealkylation sites (N-methyl/N-ethyl adjacent to an activating group) is 1. The van der Waals surface area contributed by atoms with Gasteiger partial charge in [0.2, 0.25) is 0 Å². The van der Waals surface area contributed by atoms with Crippen molar-refractivity contribution < 1.29 is 9.90 Å². The second kappa shape index (κ2) is 4.53. The first kappa shape index (κ1) is 11.0. The Morgan fingerprint density at radius 2 is 2.31 bits per heavy atom. The van der Waals surface area contributed by atoms with E-state index in [2.05, 4.69) is 22.3 Å². The first-order chi connectivity index (χ1) is 7.72. The van der Waals surface area contributed by atoms with Crippen LogP contribution in [0.3, 0.4) is 0 Å². The number of carbonyl (C=O) groups is 1. The van der Waals surface area contributed by atoms with Crippen molar-refractivity contribution in [1.82, 2.24) is 5.32 Å². The van der Waals surface area contributed by atoms with Crippen LogP contribution in [0.25, 0.3) is 0 Å². The van der Waals surface area contributed by atoms with Crippen molar-refractivity contribution in [3.63, 3.8) is 0 Å². The molecular formula is C12H16N2O2. The van der Waals surface area contributed by atoms with Gasteiger partial charge >= 0.3 is 5.97 Å². The molecule has 0 radical (unpaired) electrons. The Labute approximate surface area is 94.9 Å². The average Bonchev–Trinajstić information content (AvgIpc) is 2.69. The molecular weight excluding hydrogens is 204 g/mol. The monoisotopic (exact) mass is 220 g/mol. The summed E-state index contributed by atoms with van der Waals surface area (Å²) in [7, 11) is 1.68. The summed E-state index contributed by atoms with van der Waals surface area (Å²) in [6.07, 6.45) is 1.01. The van der Waals surface area contributed by atoms with Gasteiger partial charge in [0.1, 0.15) is 6.04 Å². The summed E-state index contributed by atoms with van der Waals surface area (Å²) in [5.74, 6) is -0.799. The lowest BCUT2D eigenvalue weighted by molar-refractivity contribution is -0.139. The summed E-state index contributed by atoms with van der Waals surface area (Å²) in [5.41, 5.74) is 2.48. The summed E-state index contributed by atoms with van der Waals surface area (Å²) >= 11 is 0. The molecule has 1 heterocycles. The Hall–Kier alpha value is -1.55. The molecule has 0 aromatic heterocycles. The number of nitrogens with one attached hydrogen (secondary N) is 1. The standard InChI is InChI=1S/C12H16N2O2/c1-13-10(12(15)16)8-14-7-6-9-4-2-3-5-11(9)14/h2-5,10,13H,6-8H2,1H3,(H,15,16). The van der Waals surface area contributed by atoms with Crippen molar-refractivity contribution in [3.8, 4) is 0 Å². The summed E-state index contributed by atoms with van der Waals surface area (Å²) in [6.45, 7) is 1.42. The quantitative estimate of drug-likeness (QED) is 0.785. The van der Waals surface area contributed by atoms with Crippen molar-refractivity contribution in [3.05, 3.63) is 29.8 Å². The number of hydrogen-bond donors (Lipinski definition) is 2. The molecule has 16 heavy (non-hydrogen) atoms. The molecule has 2 rings (SSSR count). The minimum absolute atomic E-state index is 0.508. The predicted molar refractivity (Wildman–Crippen MR) is 62.8 cm³/mol. The van der Waals surface area contributed by atoms with Crippen LogP contribution < -0.4 is 10.2 Å². The van der Waals surface area contributed by atoms with Crippen LogP contribution in [-0.4, -0.2) is 37.3 Å². The summed E-state index contributed by atoms with van der Waals surface area (Å²) in [4.78, 5) is 13.1. The topological polar surface area (TPSA) is 52.6 Å². The van der Waals surface area contributed by atoms with Crippen molar-refractivity contribution in [2.45, 2.75) is 12.5 Å². The number of aliphatic carboxylic acids is 1. The SMILES string of the molecule is CNC(CN1CCc2ccccc21)C(=O)O. The molecule has 0 aliphatic carbocycles. The highest BCUT2D eigenvalue weighted by Gasteiger charge is 2.24. The normalized spacial score (nSPS) is 15.9. The number of fused-ring (bicyclic) bond motifs is 1. The van der Waals surface area contributed by atoms with Gasteiger partial charge in [0.15, 0.2) is 0 Å². The van der Waals surface area contributed by atoms with Crippen LogP contribution in [0.1, 0.15) is 5.56 Å². The Morgan fingerprint density at radius 1 is 1.56 bits per heavy atom. The van der Waals surface area contributed by atoms with Gasteiger partial charge < -0.3 is 15.3 Å². The minimum Gasteiger partial charge on any atom is -0.480 e. The van der Waals surface area contributed by atoms with E-state index >= 15 is 0 Å². The molecule has 0 spiro atoms. The van der Waals surface area contributed by atoms with E-state index in [1.807, 2.05) is 12.1 Å². The number of carboxylic acid groups (broad SMARTS) is 1. The van der Waals surface area contributed by atoms with Crippen LogP contribution in [0.4, 0.5) is 5.69 Å². The Balaban J connectivity index is 2.11. The van der Waals surface area contributed by atoms with E-state index in [0.717, 1.165) is 13.0 Å². The van der Waals surface area contributed by atoms with Gasteiger partial charge in [-0.3, -0.25) is 4.79 Å². The number of nitrogens with zero attached hydrogens (tertiary/aromatic N) is 1. The molecule has 1 aromatic rings. The maximum Gasteiger partial charge on any atom is 0.322 e. The van der Waals surface area contributed by atoms with Crippen LogP contribution in [0, 0.1) is 0 Å². The summed E-state index contributed by atoms with van der Waals surface area (Å²) in [5, 5.41) is 11.8. The van der Waals surface area contributed by atoms with Crippen LogP contribution in [0.15, 0.2) is 24.3 Å². The van der Waals surface area contributed by atoms with Gasteiger partial charge in [-0.15, -0.1) is 0 Å². The van der Waals surface area contributed by atoms with E-state index in [1.165, 1.54) is 11.3 Å². The molecule has 0 fully saturated rings. The molecule has 1 atom stereocenters. The van der Waals surface area contributed by atoms with Gasteiger partial charge in [-0.05, 0) is 25.1 Å². The molecule has 2 N–H and O–H groups in total. The fraction of sp³-hybridized carbons (Fsp3) is 0.417. The van der Waals surface area contributed by atoms with E-state index < -0.39 is 12.0 Å². The Bertz CT molecular complexity index is 392. The second-order valence-corrected chi connectivity index (χ2v) is 4.00. The third-order valence-corrected chi connectivity index (χ3v) is 3.03. The van der Waals surface area contributed by atoms with E-state index in [-0.39, 0.29) is 0 Å². The number of rotatable bonds is 4. The van der Waals surface area contributed by atoms with Gasteiger partial charge in [0.05, 0.1) is 0 Å². The maximum absolute atomic E-state index is 10.9. The van der Waals surface area contributed by atoms with E-state index in [0.29, 0.717) is 6.54 Å². The Kier molecular flexibility index (Phi) is 3.10. The predicted octanol–water partition coefficient (Wildman–Crippen LogP) is 0.722. The second-order valence-electron chi connectivity index (χ2n) is 4.00. The molecule has 1 aromatic carbocycles. The Morgan fingerprint density at radius 3 is 3.00 bits per heavy atom. The molecule has 0 amide bonds. The minimum atomic E-state index is -0.799. The zero-order valence-corrected chi connectivity index (χ0v) is 9.31. The zero-order chi connectivity index (χ0) is 11.5. The number of benzene rings is 1. The van der Waals surface area contributed by atoms with Crippen molar-refractivity contribution in [2.24, 2.45) is 0 Å². The molecule has 1 unspecified atom stereocenters. The smallest absolute Gasteiger partial charge is 0.322 e. The number of para-hydroxylation sites is 1. The largest absolute Gasteiger partial charge is 0.480 e. The molecule has 1 aliphatic rings. The van der Waals surface area contributed by atoms with Gasteiger partial charge in [-0.1, -0.05) is 18.2 Å². The first-order valence-electron chi connectivity index (χ1n) is 5.45. The molecule has 0 bridgehead atoms. The lowest BCUT2D eigenvalue weighted by atomic mass is 10.2. The maximum atomic E-state index is 10.9. The van der Waals surface area contributed by atoms with Crippen molar-refractivity contribution in [2.75, 3.05) is 25.0 Å². The van der Waals surface area contributed by atoms with Crippen molar-refractivity contribution >= 4 is 11.7 Å². The van der Waals surface area contributed by atoms with Gasteiger partial charge in [0.25, 0.3) is 0 Å². The van der Waals surface area contributed by atoms with E-state index in [1.54, 1.807) is 7.05 Å². The molecule has 1 aliphatic heterocycles. The zero-order valence-electron chi connectivity index (χ0n) is 9.31. The third-order valence-electron chi connectivity index (χ3n) is 3.03. The molecule has 4 nitrogen and oxygen atoms in total. The molecule has 4 heteroatoms. The van der Waals surface area contributed by atoms with Crippen molar-refractivity contribution in [1.29, 1.82) is 0 Å². The highest BCUT2D eigenvalue weighted by Crippen LogP contribution is 2.27. The van der Waals surface area contributed by atoms with Crippen LogP contribution in [-0.2, 0) is 11.2 Å². The van der Waals surface area contributed by atoms with Gasteiger partial charge in [0, 0.05) is 18.8 Å². The first-order valence-corrected chi connectivity index (χ1v) is 5.45. The van der Waals surface area contributed by atoms with Crippen LogP contribution >= 0.6 is 0 Å². The van der Waals surface area contributed by atoms with Gasteiger partial charge in [-0.25, -0.2) is 0 Å². The average molecular weight is 220 g/mol. The molecule has 0 saturated heterocycles. The summed E-state index contributed by atoms with van der Waals surface area (Å²) in [6, 6.07) is 7.66. The van der Waals surface area contributed by atoms with E-state index in [4.69, 9.17) is 5.11 Å². The highest BCUT2D eigenvalue weighted by atomic mass is 16.4. The fourth-order valence-corrected chi connectivity index (χ4v) is 2.11. The van der Waals surface area contributed by atoms with Gasteiger partial charge in [-0.2, -0.15) is 0 Å². The number of anilines is 1. The molecule has 86 valence electrons. The third kappa shape index (κ3) is 2.02. The number of carboxylic acids is 1. The van der Waals surface area contributed by atoms with E-state index in [9.17, 15) is 4.79 Å². The lowest BCUT2D eigenvalue weighted by Gasteiger charge is -2.23. The van der Waals surface area contributed by atoms with Crippen LogP contribution in [0.2, 0.25) is 0 Å². The lowest BCUT2D eigenvalue weighted by Crippen LogP contribution is -2.44. The number of hydrogen-bond acceptors (Lipinski definition) is 3. The fourth-order valence-electron chi connectivity index (χ4n) is 2.11. The van der Waals surface area contributed by atoms with Crippen LogP contribution in [0.5, 0.6) is 0 Å². The highest BCUT2D eigenvalue weighted by molar-refractivity contribution is 5.75. The summed E-state index contributed by atoms with van der Waals surface area (Å²) < 4.78 is 0. The molecule has 0 saturated carbocycles.